The molecule has 2 aliphatic rings. The van der Waals surface area contributed by atoms with Crippen LogP contribution in [0, 0.1) is 0 Å². The van der Waals surface area contributed by atoms with Crippen molar-refractivity contribution in [3.8, 4) is 0 Å². The number of nitrogens with one attached hydrogen (secondary N) is 2. The van der Waals surface area contributed by atoms with Gasteiger partial charge >= 0.3 is 15.6 Å². The van der Waals surface area contributed by atoms with Crippen LogP contribution in [0.1, 0.15) is 12.5 Å². The molecule has 47 heavy (non-hydrogen) atoms. The summed E-state index contributed by atoms with van der Waals surface area (Å²) in [5.74, 6) is -0.589. The molecule has 0 spiro atoms. The van der Waals surface area contributed by atoms with Crippen molar-refractivity contribution in [1.82, 2.24) is 39.0 Å². The normalized spacial score (nSPS) is 29.6. The van der Waals surface area contributed by atoms with Crippen molar-refractivity contribution >= 4 is 49.9 Å². The molecule has 2 saturated heterocycles. The van der Waals surface area contributed by atoms with E-state index in [9.17, 15) is 48.7 Å². The number of aliphatic hydroxyl groups excluding tert-OH is 3. The van der Waals surface area contributed by atoms with Gasteiger partial charge < -0.3 is 50.9 Å². The van der Waals surface area contributed by atoms with Gasteiger partial charge in [-0.3, -0.25) is 42.3 Å². The van der Waals surface area contributed by atoms with E-state index < -0.39 is 89.1 Å². The SMILES string of the molecule is Nc1nc2c(ncn2[C@@H]2O[C@H](COP(=O)(O)OC3[C@@H](COP(=O)(O)O)O[C@@H](n4cnc5c(=O)[nH]c(N)nc54)[C@H]3O)C(O)[C@@H]2O)c(=O)[nH]1. The zero-order valence-corrected chi connectivity index (χ0v) is 25.1. The van der Waals surface area contributed by atoms with E-state index in [-0.39, 0.29) is 34.2 Å². The van der Waals surface area contributed by atoms with Gasteiger partial charge in [0.2, 0.25) is 11.9 Å². The van der Waals surface area contributed by atoms with Crippen LogP contribution in [-0.4, -0.2) is 119 Å². The molecule has 4 aromatic rings. The van der Waals surface area contributed by atoms with Gasteiger partial charge in [-0.15, -0.1) is 0 Å². The molecule has 12 N–H and O–H groups in total. The summed E-state index contributed by atoms with van der Waals surface area (Å²) >= 11 is 0. The van der Waals surface area contributed by atoms with E-state index >= 15 is 0 Å². The van der Waals surface area contributed by atoms with Gasteiger partial charge in [0.1, 0.15) is 36.6 Å². The van der Waals surface area contributed by atoms with Crippen molar-refractivity contribution in [2.75, 3.05) is 24.7 Å². The third-order valence-corrected chi connectivity index (χ3v) is 8.63. The summed E-state index contributed by atoms with van der Waals surface area (Å²) in [4.78, 5) is 73.3. The number of imidazole rings is 2. The molecule has 256 valence electrons. The fraction of sp³-hybridized carbons (Fsp3) is 0.500. The average Bonchev–Trinajstić information content (AvgIpc) is 3.72. The summed E-state index contributed by atoms with van der Waals surface area (Å²) in [5.41, 5.74) is 9.12. The first-order chi connectivity index (χ1) is 22.0. The van der Waals surface area contributed by atoms with Crippen molar-refractivity contribution in [1.29, 1.82) is 0 Å². The van der Waals surface area contributed by atoms with Gasteiger partial charge in [-0.2, -0.15) is 9.97 Å². The van der Waals surface area contributed by atoms with Crippen molar-refractivity contribution < 1.29 is 62.2 Å². The third kappa shape index (κ3) is 6.44. The van der Waals surface area contributed by atoms with Crippen LogP contribution in [0.15, 0.2) is 22.2 Å². The fourth-order valence-corrected chi connectivity index (χ4v) is 6.40. The molecule has 0 aromatic carbocycles. The molecular weight excluding hydrogens is 682 g/mol. The first-order valence-corrected chi connectivity index (χ1v) is 16.2. The second kappa shape index (κ2) is 12.1. The number of nitrogens with two attached hydrogens (primary N) is 2. The smallest absolute Gasteiger partial charge is 0.387 e. The lowest BCUT2D eigenvalue weighted by Crippen LogP contribution is -2.37. The molecule has 2 aliphatic heterocycles. The number of rotatable bonds is 10. The number of hydrogen-bond acceptors (Lipinski definition) is 18. The van der Waals surface area contributed by atoms with Crippen LogP contribution in [0.25, 0.3) is 22.3 Å². The maximum absolute atomic E-state index is 13.0. The van der Waals surface area contributed by atoms with Crippen molar-refractivity contribution in [3.63, 3.8) is 0 Å². The Hall–Kier alpha value is -3.68. The number of nitrogens with zero attached hydrogens (tertiary/aromatic N) is 6. The molecule has 0 bridgehead atoms. The second-order valence-electron chi connectivity index (χ2n) is 10.3. The average molecular weight is 708 g/mol. The topological polar surface area (TPSA) is 381 Å². The minimum absolute atomic E-state index is 0.0956. The number of aliphatic hydroxyl groups is 3. The molecule has 6 rings (SSSR count). The summed E-state index contributed by atoms with van der Waals surface area (Å²) in [6.07, 6.45) is -11.1. The van der Waals surface area contributed by atoms with Crippen molar-refractivity contribution in [3.05, 3.63) is 33.4 Å². The third-order valence-electron chi connectivity index (χ3n) is 7.16. The number of phosphoric ester groups is 2. The molecule has 9 atom stereocenters. The van der Waals surface area contributed by atoms with Crippen LogP contribution in [0.5, 0.6) is 0 Å². The Bertz CT molecular complexity index is 2030. The summed E-state index contributed by atoms with van der Waals surface area (Å²) in [7, 11) is -10.4. The van der Waals surface area contributed by atoms with Crippen LogP contribution < -0.4 is 22.6 Å². The Labute approximate surface area is 258 Å². The van der Waals surface area contributed by atoms with Gasteiger partial charge in [0.15, 0.2) is 34.8 Å². The van der Waals surface area contributed by atoms with Gasteiger partial charge in [0.05, 0.1) is 25.9 Å². The first kappa shape index (κ1) is 33.2. The summed E-state index contributed by atoms with van der Waals surface area (Å²) in [6, 6.07) is 0. The molecule has 6 heterocycles. The second-order valence-corrected chi connectivity index (χ2v) is 12.9. The molecule has 0 amide bonds. The zero-order valence-electron chi connectivity index (χ0n) is 23.3. The Morgan fingerprint density at radius 2 is 1.28 bits per heavy atom. The number of fused-ring (bicyclic) bond motifs is 2. The number of ether oxygens (including phenoxy) is 2. The van der Waals surface area contributed by atoms with E-state index in [0.717, 1.165) is 21.8 Å². The minimum Gasteiger partial charge on any atom is -0.387 e. The molecule has 27 heteroatoms. The lowest BCUT2D eigenvalue weighted by atomic mass is 10.1. The molecule has 0 saturated carbocycles. The Morgan fingerprint density at radius 1 is 0.787 bits per heavy atom. The van der Waals surface area contributed by atoms with Gasteiger partial charge in [0, 0.05) is 0 Å². The lowest BCUT2D eigenvalue weighted by molar-refractivity contribution is -0.0582. The van der Waals surface area contributed by atoms with Crippen LogP contribution >= 0.6 is 15.6 Å². The molecule has 0 aliphatic carbocycles. The standard InChI is InChI=1S/C20H26N10O15P2/c21-19-25-13-7(15(34)27-19)23-3-29(13)17-10(32)9(31)5(43-17)1-42-47(39,40)45-12-6(2-41-46(36,37)38)44-18(11(12)33)30-4-24-8-14(30)26-20(22)28-16(8)35/h3-6,9-12,17-18,31-33H,1-2H2,(H,39,40)(H2,36,37,38)(H3,21,25,27,34)(H3,22,26,28,35)/t5-,6-,9?,10+,11+,12?,17-,18-/m1/s1. The number of H-pyrrole nitrogens is 2. The highest BCUT2D eigenvalue weighted by molar-refractivity contribution is 7.47. The first-order valence-electron chi connectivity index (χ1n) is 13.2. The molecule has 2 fully saturated rings. The quantitative estimate of drug-likeness (QED) is 0.0700. The molecule has 4 aromatic heterocycles. The van der Waals surface area contributed by atoms with Gasteiger partial charge in [-0.05, 0) is 0 Å². The number of anilines is 2. The monoisotopic (exact) mass is 708 g/mol. The Kier molecular flexibility index (Phi) is 8.54. The van der Waals surface area contributed by atoms with E-state index in [1.54, 1.807) is 0 Å². The number of aromatic amines is 2. The van der Waals surface area contributed by atoms with Gasteiger partial charge in [0.25, 0.3) is 11.1 Å². The number of aromatic nitrogens is 8. The Balaban J connectivity index is 1.19. The summed E-state index contributed by atoms with van der Waals surface area (Å²) in [6.45, 7) is -1.86. The number of phosphoric acid groups is 2. The molecule has 25 nitrogen and oxygen atoms in total. The predicted molar refractivity (Wildman–Crippen MR) is 150 cm³/mol. The fourth-order valence-electron chi connectivity index (χ4n) is 5.09. The van der Waals surface area contributed by atoms with Crippen molar-refractivity contribution in [2.45, 2.75) is 49.1 Å². The maximum atomic E-state index is 13.0. The predicted octanol–water partition coefficient (Wildman–Crippen LogP) is -4.09. The van der Waals surface area contributed by atoms with Crippen LogP contribution in [0.3, 0.4) is 0 Å². The van der Waals surface area contributed by atoms with Crippen LogP contribution in [0.2, 0.25) is 0 Å². The highest BCUT2D eigenvalue weighted by atomic mass is 31.2. The van der Waals surface area contributed by atoms with E-state index in [0.29, 0.717) is 0 Å². The number of nitrogen functional groups attached to an aromatic ring is 2. The van der Waals surface area contributed by atoms with E-state index in [1.807, 2.05) is 0 Å². The van der Waals surface area contributed by atoms with Crippen LogP contribution in [-0.2, 0) is 32.2 Å². The van der Waals surface area contributed by atoms with E-state index in [1.165, 1.54) is 0 Å². The zero-order chi connectivity index (χ0) is 34.0. The van der Waals surface area contributed by atoms with Crippen molar-refractivity contribution in [2.24, 2.45) is 0 Å². The molecule has 3 unspecified atom stereocenters. The highest BCUT2D eigenvalue weighted by Gasteiger charge is 2.51. The van der Waals surface area contributed by atoms with E-state index in [4.69, 9.17) is 30.0 Å². The van der Waals surface area contributed by atoms with E-state index in [2.05, 4.69) is 34.4 Å². The minimum atomic E-state index is -5.25. The Morgan fingerprint density at radius 3 is 1.81 bits per heavy atom. The van der Waals surface area contributed by atoms with Crippen LogP contribution in [0.4, 0.5) is 11.9 Å². The summed E-state index contributed by atoms with van der Waals surface area (Å²) < 4.78 is 52.4. The highest BCUT2D eigenvalue weighted by Crippen LogP contribution is 2.50. The number of hydrogen-bond donors (Lipinski definition) is 10. The lowest BCUT2D eigenvalue weighted by Gasteiger charge is -2.24. The maximum Gasteiger partial charge on any atom is 0.472 e. The van der Waals surface area contributed by atoms with Gasteiger partial charge in [-0.25, -0.2) is 19.1 Å². The summed E-state index contributed by atoms with van der Waals surface area (Å²) in [5, 5.41) is 32.3. The molecule has 0 radical (unpaired) electrons. The largest absolute Gasteiger partial charge is 0.472 e. The molecular formula is C20H26N10O15P2. The van der Waals surface area contributed by atoms with Gasteiger partial charge in [-0.1, -0.05) is 0 Å².